The molecular formula is C21H24N4O2. The Balaban J connectivity index is 1.77. The Kier molecular flexibility index (Phi) is 5.08. The van der Waals surface area contributed by atoms with Crippen LogP contribution in [-0.4, -0.2) is 26.5 Å². The van der Waals surface area contributed by atoms with Crippen LogP contribution in [0.2, 0.25) is 0 Å². The number of rotatable bonds is 5. The van der Waals surface area contributed by atoms with Gasteiger partial charge in [-0.2, -0.15) is 5.10 Å². The molecule has 1 N–H and O–H groups in total. The number of Topliss-reactive ketones (excluding diaryl/α,β-unsaturated/α-hetero) is 1. The van der Waals surface area contributed by atoms with E-state index in [2.05, 4.69) is 22.3 Å². The van der Waals surface area contributed by atoms with Gasteiger partial charge in [0.2, 0.25) is 5.91 Å². The molecule has 3 aromatic rings. The molecule has 0 radical (unpaired) electrons. The molecule has 1 aromatic carbocycles. The van der Waals surface area contributed by atoms with Crippen LogP contribution in [0.15, 0.2) is 24.3 Å². The van der Waals surface area contributed by atoms with Crippen molar-refractivity contribution >= 4 is 28.4 Å². The molecule has 2 heterocycles. The minimum Gasteiger partial charge on any atom is -0.326 e. The molecule has 2 aromatic heterocycles. The van der Waals surface area contributed by atoms with Gasteiger partial charge in [-0.15, -0.1) is 0 Å². The Morgan fingerprint density at radius 3 is 2.59 bits per heavy atom. The predicted octanol–water partition coefficient (Wildman–Crippen LogP) is 3.67. The van der Waals surface area contributed by atoms with E-state index in [1.54, 1.807) is 28.9 Å². The number of aromatic nitrogens is 3. The second kappa shape index (κ2) is 7.31. The first-order chi connectivity index (χ1) is 12.8. The van der Waals surface area contributed by atoms with Crippen LogP contribution < -0.4 is 5.32 Å². The van der Waals surface area contributed by atoms with Crippen LogP contribution in [-0.2, 0) is 18.3 Å². The number of nitrogens with zero attached hydrogens (tertiary/aromatic N) is 3. The first-order valence-corrected chi connectivity index (χ1v) is 8.98. The summed E-state index contributed by atoms with van der Waals surface area (Å²) < 4.78 is 1.79. The number of fused-ring (bicyclic) bond motifs is 1. The molecule has 0 aliphatic carbocycles. The maximum atomic E-state index is 12.4. The van der Waals surface area contributed by atoms with E-state index < -0.39 is 0 Å². The highest BCUT2D eigenvalue weighted by molar-refractivity contribution is 5.97. The molecule has 0 unspecified atom stereocenters. The van der Waals surface area contributed by atoms with Crippen molar-refractivity contribution in [3.8, 4) is 0 Å². The number of anilines is 1. The molecule has 0 fully saturated rings. The SMILES string of the molecule is CC(=O)c1cccc(NC(=O)CCc2c(C)nc3c(c(C)nn3C)c2C)c1. The highest BCUT2D eigenvalue weighted by Crippen LogP contribution is 2.26. The van der Waals surface area contributed by atoms with Gasteiger partial charge in [0.25, 0.3) is 0 Å². The lowest BCUT2D eigenvalue weighted by Crippen LogP contribution is -2.13. The van der Waals surface area contributed by atoms with Crippen molar-refractivity contribution in [3.05, 3.63) is 52.3 Å². The summed E-state index contributed by atoms with van der Waals surface area (Å²) in [5, 5.41) is 8.39. The standard InChI is InChI=1S/C21H24N4O2/c1-12-18(13(2)22-21-20(12)14(3)24-25(21)5)9-10-19(27)23-17-8-6-7-16(11-17)15(4)26/h6-8,11H,9-10H2,1-5H3,(H,23,27). The van der Waals surface area contributed by atoms with Crippen molar-refractivity contribution in [2.24, 2.45) is 7.05 Å². The molecule has 0 aliphatic heterocycles. The minimum atomic E-state index is -0.0856. The van der Waals surface area contributed by atoms with Crippen molar-refractivity contribution in [1.82, 2.24) is 14.8 Å². The van der Waals surface area contributed by atoms with Crippen LogP contribution in [0.25, 0.3) is 11.0 Å². The summed E-state index contributed by atoms with van der Waals surface area (Å²) in [6.07, 6.45) is 0.950. The van der Waals surface area contributed by atoms with Crippen LogP contribution in [0, 0.1) is 20.8 Å². The monoisotopic (exact) mass is 364 g/mol. The highest BCUT2D eigenvalue weighted by Gasteiger charge is 2.16. The molecule has 0 spiro atoms. The van der Waals surface area contributed by atoms with Gasteiger partial charge in [-0.05, 0) is 57.4 Å². The maximum absolute atomic E-state index is 12.4. The van der Waals surface area contributed by atoms with E-state index in [-0.39, 0.29) is 11.7 Å². The van der Waals surface area contributed by atoms with Gasteiger partial charge in [-0.3, -0.25) is 14.3 Å². The van der Waals surface area contributed by atoms with Crippen LogP contribution in [0.1, 0.15) is 46.2 Å². The molecule has 0 bridgehead atoms. The predicted molar refractivity (Wildman–Crippen MR) is 106 cm³/mol. The van der Waals surface area contributed by atoms with Crippen molar-refractivity contribution in [1.29, 1.82) is 0 Å². The number of nitrogens with one attached hydrogen (secondary N) is 1. The molecule has 1 amide bonds. The van der Waals surface area contributed by atoms with E-state index in [9.17, 15) is 9.59 Å². The van der Waals surface area contributed by atoms with Crippen LogP contribution >= 0.6 is 0 Å². The zero-order chi connectivity index (χ0) is 19.7. The van der Waals surface area contributed by atoms with Crippen LogP contribution in [0.4, 0.5) is 5.69 Å². The first-order valence-electron chi connectivity index (χ1n) is 8.98. The number of carbonyl (C=O) groups is 2. The van der Waals surface area contributed by atoms with Crippen LogP contribution in [0.3, 0.4) is 0 Å². The van der Waals surface area contributed by atoms with Crippen molar-refractivity contribution in [2.75, 3.05) is 5.32 Å². The van der Waals surface area contributed by atoms with Gasteiger partial charge < -0.3 is 5.32 Å². The fraction of sp³-hybridized carbons (Fsp3) is 0.333. The van der Waals surface area contributed by atoms with E-state index in [1.165, 1.54) is 6.92 Å². The molecule has 0 atom stereocenters. The average Bonchev–Trinajstić information content (AvgIpc) is 2.88. The number of carbonyl (C=O) groups excluding carboxylic acids is 2. The van der Waals surface area contributed by atoms with Gasteiger partial charge in [0.15, 0.2) is 11.4 Å². The zero-order valence-corrected chi connectivity index (χ0v) is 16.4. The van der Waals surface area contributed by atoms with Gasteiger partial charge in [-0.1, -0.05) is 12.1 Å². The molecule has 140 valence electrons. The van der Waals surface area contributed by atoms with Gasteiger partial charge in [-0.25, -0.2) is 4.98 Å². The van der Waals surface area contributed by atoms with E-state index in [0.29, 0.717) is 24.1 Å². The average molecular weight is 364 g/mol. The summed E-state index contributed by atoms with van der Waals surface area (Å²) in [5.41, 5.74) is 6.19. The lowest BCUT2D eigenvalue weighted by Gasteiger charge is -2.11. The van der Waals surface area contributed by atoms with E-state index in [0.717, 1.165) is 33.5 Å². The maximum Gasteiger partial charge on any atom is 0.224 e. The fourth-order valence-corrected chi connectivity index (χ4v) is 3.51. The normalized spacial score (nSPS) is 11.0. The molecule has 27 heavy (non-hydrogen) atoms. The van der Waals surface area contributed by atoms with Crippen molar-refractivity contribution in [2.45, 2.75) is 40.5 Å². The van der Waals surface area contributed by atoms with Gasteiger partial charge in [0.05, 0.1) is 5.69 Å². The number of hydrogen-bond acceptors (Lipinski definition) is 4. The summed E-state index contributed by atoms with van der Waals surface area (Å²) in [7, 11) is 1.89. The van der Waals surface area contributed by atoms with E-state index >= 15 is 0 Å². The van der Waals surface area contributed by atoms with Gasteiger partial charge in [0, 0.05) is 35.8 Å². The Labute approximate surface area is 158 Å². The number of benzene rings is 1. The summed E-state index contributed by atoms with van der Waals surface area (Å²) in [4.78, 5) is 28.6. The molecule has 0 saturated heterocycles. The fourth-order valence-electron chi connectivity index (χ4n) is 3.51. The Hall–Kier alpha value is -3.02. The third-order valence-corrected chi connectivity index (χ3v) is 4.88. The summed E-state index contributed by atoms with van der Waals surface area (Å²) in [5.74, 6) is -0.110. The molecule has 6 heteroatoms. The van der Waals surface area contributed by atoms with Crippen molar-refractivity contribution in [3.63, 3.8) is 0 Å². The quantitative estimate of drug-likeness (QED) is 0.701. The Morgan fingerprint density at radius 2 is 1.89 bits per heavy atom. The second-order valence-corrected chi connectivity index (χ2v) is 6.89. The van der Waals surface area contributed by atoms with Crippen molar-refractivity contribution < 1.29 is 9.59 Å². The number of hydrogen-bond donors (Lipinski definition) is 1. The Bertz CT molecular complexity index is 1050. The topological polar surface area (TPSA) is 76.9 Å². The third-order valence-electron chi connectivity index (χ3n) is 4.88. The summed E-state index contributed by atoms with van der Waals surface area (Å²) >= 11 is 0. The molecule has 3 rings (SSSR count). The summed E-state index contributed by atoms with van der Waals surface area (Å²) in [6.45, 7) is 7.52. The van der Waals surface area contributed by atoms with Gasteiger partial charge >= 0.3 is 0 Å². The summed E-state index contributed by atoms with van der Waals surface area (Å²) in [6, 6.07) is 6.99. The number of aryl methyl sites for hydroxylation is 4. The van der Waals surface area contributed by atoms with E-state index in [1.807, 2.05) is 20.9 Å². The number of pyridine rings is 1. The lowest BCUT2D eigenvalue weighted by molar-refractivity contribution is -0.116. The minimum absolute atomic E-state index is 0.0245. The number of ketones is 1. The third kappa shape index (κ3) is 3.74. The zero-order valence-electron chi connectivity index (χ0n) is 16.4. The molecule has 6 nitrogen and oxygen atoms in total. The molecule has 0 aliphatic rings. The molecule has 0 saturated carbocycles. The smallest absolute Gasteiger partial charge is 0.224 e. The van der Waals surface area contributed by atoms with Crippen LogP contribution in [0.5, 0.6) is 0 Å². The lowest BCUT2D eigenvalue weighted by atomic mass is 9.99. The highest BCUT2D eigenvalue weighted by atomic mass is 16.1. The Morgan fingerprint density at radius 1 is 1.15 bits per heavy atom. The van der Waals surface area contributed by atoms with Gasteiger partial charge in [0.1, 0.15) is 0 Å². The second-order valence-electron chi connectivity index (χ2n) is 6.89. The first kappa shape index (κ1) is 18.8. The number of amides is 1. The largest absolute Gasteiger partial charge is 0.326 e. The van der Waals surface area contributed by atoms with E-state index in [4.69, 9.17) is 0 Å². The molecular weight excluding hydrogens is 340 g/mol.